The Morgan fingerprint density at radius 3 is 2.72 bits per heavy atom. The lowest BCUT2D eigenvalue weighted by Gasteiger charge is -2.38. The van der Waals surface area contributed by atoms with Crippen LogP contribution in [0.3, 0.4) is 0 Å². The van der Waals surface area contributed by atoms with Crippen LogP contribution in [0.15, 0.2) is 47.6 Å². The molecule has 2 aliphatic heterocycles. The quantitative estimate of drug-likeness (QED) is 0.734. The Morgan fingerprint density at radius 1 is 1.24 bits per heavy atom. The number of hydrazone groups is 1. The molecule has 0 saturated carbocycles. The van der Waals surface area contributed by atoms with Gasteiger partial charge in [-0.2, -0.15) is 5.10 Å². The van der Waals surface area contributed by atoms with E-state index in [1.165, 1.54) is 12.1 Å². The van der Waals surface area contributed by atoms with Crippen molar-refractivity contribution >= 4 is 17.3 Å². The summed E-state index contributed by atoms with van der Waals surface area (Å²) in [7, 11) is 0. The standard InChI is InChI=1S/C20H20ClFN2O/c1-12(2)9-20-24-18(16-10-14(21)5-8-19(16)25-20)11-17(23-24)13-3-6-15(22)7-4-13/h3-8,10,12,18,20H,9,11H2,1-2H3. The second-order valence-electron chi connectivity index (χ2n) is 7.04. The number of hydrogen-bond acceptors (Lipinski definition) is 3. The first-order chi connectivity index (χ1) is 12.0. The van der Waals surface area contributed by atoms with Crippen molar-refractivity contribution in [3.05, 3.63) is 64.4 Å². The molecule has 25 heavy (non-hydrogen) atoms. The molecule has 0 aromatic heterocycles. The molecule has 0 bridgehead atoms. The number of hydrogen-bond donors (Lipinski definition) is 0. The van der Waals surface area contributed by atoms with Crippen molar-refractivity contribution in [2.45, 2.75) is 39.0 Å². The van der Waals surface area contributed by atoms with Crippen LogP contribution in [-0.2, 0) is 0 Å². The first-order valence-electron chi connectivity index (χ1n) is 8.59. The molecule has 0 fully saturated rings. The van der Waals surface area contributed by atoms with Crippen molar-refractivity contribution in [2.75, 3.05) is 0 Å². The highest BCUT2D eigenvalue weighted by molar-refractivity contribution is 6.30. The van der Waals surface area contributed by atoms with Gasteiger partial charge < -0.3 is 4.74 Å². The van der Waals surface area contributed by atoms with Gasteiger partial charge in [0.25, 0.3) is 0 Å². The van der Waals surface area contributed by atoms with E-state index in [0.717, 1.165) is 35.4 Å². The number of benzene rings is 2. The number of nitrogens with zero attached hydrogens (tertiary/aromatic N) is 2. The zero-order chi connectivity index (χ0) is 17.6. The third-order valence-corrected chi connectivity index (χ3v) is 4.92. The number of rotatable bonds is 3. The molecular weight excluding hydrogens is 339 g/mol. The van der Waals surface area contributed by atoms with Crippen LogP contribution in [0, 0.1) is 11.7 Å². The Balaban J connectivity index is 1.72. The number of halogens is 2. The first-order valence-corrected chi connectivity index (χ1v) is 8.97. The predicted octanol–water partition coefficient (Wildman–Crippen LogP) is 5.39. The van der Waals surface area contributed by atoms with Crippen LogP contribution in [0.2, 0.25) is 5.02 Å². The molecule has 0 saturated heterocycles. The molecule has 2 atom stereocenters. The van der Waals surface area contributed by atoms with Crippen molar-refractivity contribution in [3.63, 3.8) is 0 Å². The summed E-state index contributed by atoms with van der Waals surface area (Å²) in [6, 6.07) is 12.4. The van der Waals surface area contributed by atoms with Crippen molar-refractivity contribution in [1.82, 2.24) is 5.01 Å². The molecule has 2 unspecified atom stereocenters. The van der Waals surface area contributed by atoms with Crippen LogP contribution >= 0.6 is 11.6 Å². The minimum atomic E-state index is -0.238. The molecule has 2 aromatic rings. The summed E-state index contributed by atoms with van der Waals surface area (Å²) in [6.07, 6.45) is 1.55. The van der Waals surface area contributed by atoms with Gasteiger partial charge in [0.05, 0.1) is 11.8 Å². The van der Waals surface area contributed by atoms with Crippen LogP contribution in [0.4, 0.5) is 4.39 Å². The second-order valence-corrected chi connectivity index (χ2v) is 7.47. The van der Waals surface area contributed by atoms with E-state index in [0.29, 0.717) is 10.9 Å². The highest BCUT2D eigenvalue weighted by Crippen LogP contribution is 2.44. The zero-order valence-corrected chi connectivity index (χ0v) is 15.0. The third kappa shape index (κ3) is 3.11. The highest BCUT2D eigenvalue weighted by Gasteiger charge is 2.40. The molecule has 0 spiro atoms. The molecular formula is C20H20ClFN2O. The molecule has 2 heterocycles. The maximum absolute atomic E-state index is 13.2. The molecule has 130 valence electrons. The maximum atomic E-state index is 13.2. The van der Waals surface area contributed by atoms with Gasteiger partial charge in [0, 0.05) is 23.4 Å². The average Bonchev–Trinajstić information content (AvgIpc) is 3.01. The largest absolute Gasteiger partial charge is 0.469 e. The van der Waals surface area contributed by atoms with E-state index in [9.17, 15) is 4.39 Å². The summed E-state index contributed by atoms with van der Waals surface area (Å²) in [6.45, 7) is 4.35. The van der Waals surface area contributed by atoms with Gasteiger partial charge in [-0.3, -0.25) is 5.01 Å². The molecule has 0 aliphatic carbocycles. The minimum absolute atomic E-state index is 0.100. The van der Waals surface area contributed by atoms with E-state index in [1.54, 1.807) is 12.1 Å². The summed E-state index contributed by atoms with van der Waals surface area (Å²) < 4.78 is 19.4. The lowest BCUT2D eigenvalue weighted by molar-refractivity contribution is -0.0291. The fraction of sp³-hybridized carbons (Fsp3) is 0.350. The molecule has 3 nitrogen and oxygen atoms in total. The Bertz CT molecular complexity index is 819. The Morgan fingerprint density at radius 2 is 2.00 bits per heavy atom. The van der Waals surface area contributed by atoms with E-state index in [4.69, 9.17) is 21.4 Å². The van der Waals surface area contributed by atoms with E-state index < -0.39 is 0 Å². The van der Waals surface area contributed by atoms with Crippen molar-refractivity contribution in [3.8, 4) is 5.75 Å². The van der Waals surface area contributed by atoms with E-state index >= 15 is 0 Å². The summed E-state index contributed by atoms with van der Waals surface area (Å²) in [4.78, 5) is 0. The fourth-order valence-electron chi connectivity index (χ4n) is 3.51. The average molecular weight is 359 g/mol. The van der Waals surface area contributed by atoms with Gasteiger partial charge in [-0.1, -0.05) is 37.6 Å². The number of ether oxygens (including phenoxy) is 1. The third-order valence-electron chi connectivity index (χ3n) is 4.68. The van der Waals surface area contributed by atoms with Gasteiger partial charge in [-0.25, -0.2) is 4.39 Å². The minimum Gasteiger partial charge on any atom is -0.469 e. The topological polar surface area (TPSA) is 24.8 Å². The highest BCUT2D eigenvalue weighted by atomic mass is 35.5. The predicted molar refractivity (Wildman–Crippen MR) is 97.5 cm³/mol. The Labute approximate surface area is 152 Å². The van der Waals surface area contributed by atoms with Crippen LogP contribution in [0.25, 0.3) is 0 Å². The molecule has 5 heteroatoms. The summed E-state index contributed by atoms with van der Waals surface area (Å²) in [5, 5.41) is 7.58. The van der Waals surface area contributed by atoms with Gasteiger partial charge in [0.15, 0.2) is 6.23 Å². The molecule has 2 aliphatic rings. The van der Waals surface area contributed by atoms with Crippen molar-refractivity contribution < 1.29 is 9.13 Å². The normalized spacial score (nSPS) is 21.6. The molecule has 0 radical (unpaired) electrons. The monoisotopic (exact) mass is 358 g/mol. The summed E-state index contributed by atoms with van der Waals surface area (Å²) in [5.74, 6) is 1.13. The second kappa shape index (κ2) is 6.34. The van der Waals surface area contributed by atoms with Crippen LogP contribution in [-0.4, -0.2) is 16.9 Å². The summed E-state index contributed by atoms with van der Waals surface area (Å²) in [5.41, 5.74) is 2.96. The van der Waals surface area contributed by atoms with E-state index in [2.05, 4.69) is 18.9 Å². The zero-order valence-electron chi connectivity index (χ0n) is 14.2. The van der Waals surface area contributed by atoms with E-state index in [-0.39, 0.29) is 18.1 Å². The molecule has 2 aromatic carbocycles. The van der Waals surface area contributed by atoms with Crippen LogP contribution in [0.1, 0.15) is 43.9 Å². The van der Waals surface area contributed by atoms with Crippen molar-refractivity contribution in [2.24, 2.45) is 11.0 Å². The van der Waals surface area contributed by atoms with Gasteiger partial charge in [0.1, 0.15) is 11.6 Å². The lowest BCUT2D eigenvalue weighted by atomic mass is 9.95. The van der Waals surface area contributed by atoms with Gasteiger partial charge in [-0.05, 0) is 41.8 Å². The lowest BCUT2D eigenvalue weighted by Crippen LogP contribution is -2.41. The summed E-state index contributed by atoms with van der Waals surface area (Å²) >= 11 is 6.21. The fourth-order valence-corrected chi connectivity index (χ4v) is 3.69. The van der Waals surface area contributed by atoms with Gasteiger partial charge in [0.2, 0.25) is 0 Å². The Kier molecular flexibility index (Phi) is 4.16. The molecule has 0 amide bonds. The number of fused-ring (bicyclic) bond motifs is 3. The van der Waals surface area contributed by atoms with Crippen LogP contribution < -0.4 is 4.74 Å². The Hall–Kier alpha value is -2.07. The first kappa shape index (κ1) is 16.4. The van der Waals surface area contributed by atoms with Gasteiger partial charge in [-0.15, -0.1) is 0 Å². The molecule has 4 rings (SSSR count). The maximum Gasteiger partial charge on any atom is 0.188 e. The van der Waals surface area contributed by atoms with E-state index in [1.807, 2.05) is 18.2 Å². The smallest absolute Gasteiger partial charge is 0.188 e. The van der Waals surface area contributed by atoms with Crippen LogP contribution in [0.5, 0.6) is 5.75 Å². The van der Waals surface area contributed by atoms with Gasteiger partial charge >= 0.3 is 0 Å². The van der Waals surface area contributed by atoms with Crippen molar-refractivity contribution in [1.29, 1.82) is 0 Å². The molecule has 0 N–H and O–H groups in total. The SMILES string of the molecule is CC(C)CC1Oc2ccc(Cl)cc2C2CC(c3ccc(F)cc3)=NN12.